The van der Waals surface area contributed by atoms with Gasteiger partial charge in [0.05, 0.1) is 5.69 Å². The third-order valence-corrected chi connectivity index (χ3v) is 5.12. The first-order valence-electron chi connectivity index (χ1n) is 9.56. The topological polar surface area (TPSA) is 84.5 Å². The molecule has 1 aliphatic rings. The number of aryl methyl sites for hydroxylation is 1. The van der Waals surface area contributed by atoms with Crippen molar-refractivity contribution in [1.82, 2.24) is 19.2 Å². The Labute approximate surface area is 162 Å². The first-order chi connectivity index (χ1) is 13.5. The highest BCUT2D eigenvalue weighted by atomic mass is 16.2. The molecule has 3 aromatic rings. The van der Waals surface area contributed by atoms with E-state index in [-0.39, 0.29) is 18.0 Å². The first-order valence-corrected chi connectivity index (χ1v) is 9.56. The van der Waals surface area contributed by atoms with E-state index in [4.69, 9.17) is 0 Å². The predicted molar refractivity (Wildman–Crippen MR) is 108 cm³/mol. The van der Waals surface area contributed by atoms with Crippen molar-refractivity contribution < 1.29 is 4.79 Å². The number of piperidine rings is 1. The maximum absolute atomic E-state index is 12.5. The average Bonchev–Trinajstić information content (AvgIpc) is 3.03. The van der Waals surface area contributed by atoms with E-state index in [0.29, 0.717) is 11.6 Å². The lowest BCUT2D eigenvalue weighted by Gasteiger charge is -2.31. The van der Waals surface area contributed by atoms with E-state index in [1.54, 1.807) is 18.2 Å². The minimum absolute atomic E-state index is 0.129. The Kier molecular flexibility index (Phi) is 4.85. The number of fused-ring (bicyclic) bond motifs is 1. The Balaban J connectivity index is 1.47. The predicted octanol–water partition coefficient (Wildman–Crippen LogP) is 2.07. The molecule has 0 spiro atoms. The van der Waals surface area contributed by atoms with Crippen LogP contribution in [-0.4, -0.2) is 38.2 Å². The Morgan fingerprint density at radius 2 is 2.04 bits per heavy atom. The molecule has 1 amide bonds. The van der Waals surface area contributed by atoms with Crippen LogP contribution in [0.2, 0.25) is 0 Å². The third kappa shape index (κ3) is 3.90. The van der Waals surface area contributed by atoms with Gasteiger partial charge in [0.2, 0.25) is 5.91 Å². The van der Waals surface area contributed by atoms with Crippen LogP contribution in [0, 0.1) is 12.8 Å². The number of nitrogens with zero attached hydrogens (tertiary/aromatic N) is 5. The van der Waals surface area contributed by atoms with E-state index < -0.39 is 0 Å². The van der Waals surface area contributed by atoms with Crippen LogP contribution in [0.1, 0.15) is 25.5 Å². The molecule has 1 aliphatic heterocycles. The van der Waals surface area contributed by atoms with Gasteiger partial charge in [-0.2, -0.15) is 5.10 Å². The van der Waals surface area contributed by atoms with Gasteiger partial charge in [-0.15, -0.1) is 0 Å². The van der Waals surface area contributed by atoms with Crippen LogP contribution in [0.3, 0.4) is 0 Å². The number of imidazole rings is 1. The molecule has 0 radical (unpaired) electrons. The number of anilines is 2. The molecule has 0 aromatic carbocycles. The average molecular weight is 380 g/mol. The highest BCUT2D eigenvalue weighted by Gasteiger charge is 2.18. The molecule has 8 nitrogen and oxygen atoms in total. The maximum atomic E-state index is 12.5. The number of hydrogen-bond donors (Lipinski definition) is 1. The van der Waals surface area contributed by atoms with Gasteiger partial charge in [0, 0.05) is 43.3 Å². The molecule has 0 saturated carbocycles. The van der Waals surface area contributed by atoms with Gasteiger partial charge in [0.1, 0.15) is 18.0 Å². The lowest BCUT2D eigenvalue weighted by atomic mass is 9.99. The molecule has 4 heterocycles. The Bertz CT molecular complexity index is 1060. The van der Waals surface area contributed by atoms with E-state index in [2.05, 4.69) is 27.2 Å². The van der Waals surface area contributed by atoms with E-state index >= 15 is 0 Å². The van der Waals surface area contributed by atoms with Gasteiger partial charge >= 0.3 is 0 Å². The van der Waals surface area contributed by atoms with Crippen LogP contribution >= 0.6 is 0 Å². The lowest BCUT2D eigenvalue weighted by molar-refractivity contribution is -0.117. The molecule has 1 saturated heterocycles. The van der Waals surface area contributed by atoms with Gasteiger partial charge in [0.15, 0.2) is 0 Å². The minimum Gasteiger partial charge on any atom is -0.355 e. The first kappa shape index (κ1) is 18.2. The lowest BCUT2D eigenvalue weighted by Crippen LogP contribution is -2.36. The van der Waals surface area contributed by atoms with Crippen LogP contribution in [0.4, 0.5) is 11.5 Å². The largest absolute Gasteiger partial charge is 0.355 e. The quantitative estimate of drug-likeness (QED) is 0.749. The fraction of sp³-hybridized carbons (Fsp3) is 0.400. The zero-order valence-electron chi connectivity index (χ0n) is 16.1. The molecule has 1 fully saturated rings. The number of rotatable bonds is 4. The Morgan fingerprint density at radius 3 is 2.82 bits per heavy atom. The summed E-state index contributed by atoms with van der Waals surface area (Å²) in [7, 11) is 0. The van der Waals surface area contributed by atoms with Crippen molar-refractivity contribution in [3.05, 3.63) is 52.7 Å². The van der Waals surface area contributed by atoms with Crippen molar-refractivity contribution in [1.29, 1.82) is 0 Å². The van der Waals surface area contributed by atoms with Crippen molar-refractivity contribution in [2.45, 2.75) is 33.2 Å². The van der Waals surface area contributed by atoms with Gasteiger partial charge in [-0.25, -0.2) is 9.67 Å². The normalized spacial score (nSPS) is 15.1. The summed E-state index contributed by atoms with van der Waals surface area (Å²) in [4.78, 5) is 31.2. The van der Waals surface area contributed by atoms with Crippen LogP contribution < -0.4 is 15.8 Å². The SMILES string of the molecule is Cc1cn2ccc(NC(=O)Cn3nc(N4CCC(C)CC4)ccc3=O)cc2n1. The van der Waals surface area contributed by atoms with Crippen molar-refractivity contribution >= 4 is 23.1 Å². The molecule has 0 bridgehead atoms. The summed E-state index contributed by atoms with van der Waals surface area (Å²) < 4.78 is 3.11. The standard InChI is InChI=1S/C20H24N6O2/c1-14-5-8-24(9-6-14)17-3-4-20(28)26(23-17)13-19(27)22-16-7-10-25-12-15(2)21-18(25)11-16/h3-4,7,10-12,14H,5-6,8-9,13H2,1-2H3,(H,22,27). The summed E-state index contributed by atoms with van der Waals surface area (Å²) in [6.07, 6.45) is 5.97. The van der Waals surface area contributed by atoms with Gasteiger partial charge in [0.25, 0.3) is 5.56 Å². The second-order valence-electron chi connectivity index (χ2n) is 7.47. The van der Waals surface area contributed by atoms with Gasteiger partial charge in [-0.3, -0.25) is 9.59 Å². The summed E-state index contributed by atoms with van der Waals surface area (Å²) in [6, 6.07) is 6.81. The molecule has 3 aromatic heterocycles. The highest BCUT2D eigenvalue weighted by Crippen LogP contribution is 2.20. The summed E-state index contributed by atoms with van der Waals surface area (Å²) in [5.74, 6) is 1.16. The van der Waals surface area contributed by atoms with E-state index in [0.717, 1.165) is 43.1 Å². The van der Waals surface area contributed by atoms with Crippen molar-refractivity contribution in [3.8, 4) is 0 Å². The molecule has 0 unspecified atom stereocenters. The molecule has 28 heavy (non-hydrogen) atoms. The van der Waals surface area contributed by atoms with Crippen molar-refractivity contribution in [3.63, 3.8) is 0 Å². The number of pyridine rings is 1. The van der Waals surface area contributed by atoms with Crippen LogP contribution in [0.25, 0.3) is 5.65 Å². The zero-order valence-corrected chi connectivity index (χ0v) is 16.1. The number of aromatic nitrogens is 4. The number of carbonyl (C=O) groups is 1. The van der Waals surface area contributed by atoms with E-state index in [1.807, 2.05) is 23.7 Å². The zero-order chi connectivity index (χ0) is 19.7. The fourth-order valence-corrected chi connectivity index (χ4v) is 3.48. The number of amides is 1. The van der Waals surface area contributed by atoms with Gasteiger partial charge in [-0.05, 0) is 37.8 Å². The minimum atomic E-state index is -0.299. The number of hydrogen-bond acceptors (Lipinski definition) is 5. The summed E-state index contributed by atoms with van der Waals surface area (Å²) >= 11 is 0. The van der Waals surface area contributed by atoms with Crippen LogP contribution in [0.15, 0.2) is 41.5 Å². The second kappa shape index (κ2) is 7.46. The summed E-state index contributed by atoms with van der Waals surface area (Å²) in [5.41, 5.74) is 2.01. The smallest absolute Gasteiger partial charge is 0.267 e. The van der Waals surface area contributed by atoms with Crippen molar-refractivity contribution in [2.24, 2.45) is 5.92 Å². The van der Waals surface area contributed by atoms with Crippen LogP contribution in [0.5, 0.6) is 0 Å². The molecule has 8 heteroatoms. The molecular formula is C20H24N6O2. The Morgan fingerprint density at radius 1 is 1.25 bits per heavy atom. The third-order valence-electron chi connectivity index (χ3n) is 5.12. The monoisotopic (exact) mass is 380 g/mol. The number of carbonyl (C=O) groups excluding carboxylic acids is 1. The molecule has 146 valence electrons. The maximum Gasteiger partial charge on any atom is 0.267 e. The Hall–Kier alpha value is -3.16. The van der Waals surface area contributed by atoms with E-state index in [9.17, 15) is 9.59 Å². The number of nitrogens with one attached hydrogen (secondary N) is 1. The molecule has 0 atom stereocenters. The van der Waals surface area contributed by atoms with Crippen LogP contribution in [-0.2, 0) is 11.3 Å². The van der Waals surface area contributed by atoms with Crippen molar-refractivity contribution in [2.75, 3.05) is 23.3 Å². The highest BCUT2D eigenvalue weighted by molar-refractivity contribution is 5.90. The summed E-state index contributed by atoms with van der Waals surface area (Å²) in [6.45, 7) is 5.87. The fourth-order valence-electron chi connectivity index (χ4n) is 3.48. The van der Waals surface area contributed by atoms with Gasteiger partial charge < -0.3 is 14.6 Å². The summed E-state index contributed by atoms with van der Waals surface area (Å²) in [5, 5.41) is 7.23. The molecule has 0 aliphatic carbocycles. The second-order valence-corrected chi connectivity index (χ2v) is 7.47. The van der Waals surface area contributed by atoms with E-state index in [1.165, 1.54) is 10.7 Å². The molecular weight excluding hydrogens is 356 g/mol. The van der Waals surface area contributed by atoms with Gasteiger partial charge in [-0.1, -0.05) is 6.92 Å². The molecule has 4 rings (SSSR count). The molecule has 1 N–H and O–H groups in total.